The molecule has 2 aliphatic heterocycles. The third kappa shape index (κ3) is 3.10. The minimum atomic E-state index is -3.08. The van der Waals surface area contributed by atoms with Gasteiger partial charge in [-0.3, -0.25) is 0 Å². The highest BCUT2D eigenvalue weighted by Crippen LogP contribution is 2.40. The zero-order valence-corrected chi connectivity index (χ0v) is 13.9. The van der Waals surface area contributed by atoms with Crippen LogP contribution in [0.15, 0.2) is 18.5 Å². The van der Waals surface area contributed by atoms with E-state index < -0.39 is 10.0 Å². The average molecular weight is 324 g/mol. The van der Waals surface area contributed by atoms with Crippen LogP contribution in [-0.4, -0.2) is 54.6 Å². The van der Waals surface area contributed by atoms with E-state index in [4.69, 9.17) is 0 Å². The van der Waals surface area contributed by atoms with Crippen molar-refractivity contribution in [1.82, 2.24) is 14.3 Å². The molecule has 3 rings (SSSR count). The molecule has 0 saturated carbocycles. The molecule has 0 N–H and O–H groups in total. The monoisotopic (exact) mass is 324 g/mol. The number of hydrogen-bond donors (Lipinski definition) is 0. The van der Waals surface area contributed by atoms with E-state index in [1.807, 2.05) is 13.0 Å². The van der Waals surface area contributed by atoms with Gasteiger partial charge in [-0.1, -0.05) is 6.92 Å². The summed E-state index contributed by atoms with van der Waals surface area (Å²) < 4.78 is 26.3. The smallest absolute Gasteiger partial charge is 0.225 e. The fraction of sp³-hybridized carbons (Fsp3) is 0.733. The van der Waals surface area contributed by atoms with E-state index >= 15 is 0 Å². The van der Waals surface area contributed by atoms with Crippen molar-refractivity contribution in [3.63, 3.8) is 0 Å². The van der Waals surface area contributed by atoms with Crippen LogP contribution in [0.1, 0.15) is 32.6 Å². The predicted molar refractivity (Wildman–Crippen MR) is 86.2 cm³/mol. The quantitative estimate of drug-likeness (QED) is 0.840. The maximum Gasteiger partial charge on any atom is 0.225 e. The maximum absolute atomic E-state index is 12.3. The number of sulfonamides is 1. The maximum atomic E-state index is 12.3. The molecule has 7 heteroatoms. The van der Waals surface area contributed by atoms with Crippen LogP contribution in [0.3, 0.4) is 0 Å². The fourth-order valence-corrected chi connectivity index (χ4v) is 5.30. The first-order valence-electron chi connectivity index (χ1n) is 8.04. The molecule has 1 spiro atoms. The lowest BCUT2D eigenvalue weighted by atomic mass is 9.79. The zero-order chi connectivity index (χ0) is 15.6. The summed E-state index contributed by atoms with van der Waals surface area (Å²) in [5, 5.41) is 0. The Morgan fingerprint density at radius 3 is 2.68 bits per heavy atom. The Labute approximate surface area is 132 Å². The summed E-state index contributed by atoms with van der Waals surface area (Å²) in [5.74, 6) is 1.02. The lowest BCUT2D eigenvalue weighted by molar-refractivity contribution is 0.246. The van der Waals surface area contributed by atoms with Crippen LogP contribution in [-0.2, 0) is 10.0 Å². The zero-order valence-electron chi connectivity index (χ0n) is 13.1. The molecule has 0 aliphatic carbocycles. The van der Waals surface area contributed by atoms with Crippen molar-refractivity contribution in [2.45, 2.75) is 32.6 Å². The van der Waals surface area contributed by atoms with Gasteiger partial charge in [0.1, 0.15) is 0 Å². The van der Waals surface area contributed by atoms with Crippen molar-refractivity contribution in [3.8, 4) is 0 Å². The molecule has 0 bridgehead atoms. The van der Waals surface area contributed by atoms with Gasteiger partial charge in [0.05, 0.1) is 5.75 Å². The molecule has 2 saturated heterocycles. The van der Waals surface area contributed by atoms with Crippen molar-refractivity contribution in [3.05, 3.63) is 18.5 Å². The first-order valence-corrected chi connectivity index (χ1v) is 9.65. The molecule has 2 fully saturated rings. The van der Waals surface area contributed by atoms with E-state index in [-0.39, 0.29) is 11.2 Å². The summed E-state index contributed by atoms with van der Waals surface area (Å²) in [7, 11) is -3.08. The second kappa shape index (κ2) is 6.12. The predicted octanol–water partition coefficient (Wildman–Crippen LogP) is 1.51. The van der Waals surface area contributed by atoms with Gasteiger partial charge in [0.15, 0.2) is 0 Å². The molecule has 1 aromatic heterocycles. The third-order valence-electron chi connectivity index (χ3n) is 4.76. The Hall–Kier alpha value is -1.21. The molecule has 22 heavy (non-hydrogen) atoms. The first kappa shape index (κ1) is 15.7. The fourth-order valence-electron chi connectivity index (χ4n) is 3.68. The van der Waals surface area contributed by atoms with Crippen molar-refractivity contribution in [2.24, 2.45) is 5.41 Å². The van der Waals surface area contributed by atoms with Crippen LogP contribution in [0.5, 0.6) is 0 Å². The number of nitrogens with zero attached hydrogens (tertiary/aromatic N) is 4. The van der Waals surface area contributed by atoms with Gasteiger partial charge in [-0.05, 0) is 31.7 Å². The second-order valence-electron chi connectivity index (χ2n) is 6.47. The molecule has 1 atom stereocenters. The van der Waals surface area contributed by atoms with Crippen LogP contribution >= 0.6 is 0 Å². The molecule has 122 valence electrons. The average Bonchev–Trinajstić information content (AvgIpc) is 2.93. The van der Waals surface area contributed by atoms with E-state index in [0.29, 0.717) is 19.5 Å². The van der Waals surface area contributed by atoms with Crippen LogP contribution in [0.25, 0.3) is 0 Å². The number of hydrogen-bond acceptors (Lipinski definition) is 5. The molecule has 0 radical (unpaired) electrons. The number of rotatable bonds is 4. The third-order valence-corrected chi connectivity index (χ3v) is 6.78. The molecule has 2 aliphatic rings. The van der Waals surface area contributed by atoms with Crippen molar-refractivity contribution < 1.29 is 8.42 Å². The molecular formula is C15H24N4O2S. The summed E-state index contributed by atoms with van der Waals surface area (Å²) in [6.07, 6.45) is 7.30. The van der Waals surface area contributed by atoms with Gasteiger partial charge in [-0.25, -0.2) is 22.7 Å². The van der Waals surface area contributed by atoms with E-state index in [9.17, 15) is 8.42 Å². The van der Waals surface area contributed by atoms with Gasteiger partial charge in [-0.2, -0.15) is 0 Å². The minimum Gasteiger partial charge on any atom is -0.340 e. The lowest BCUT2D eigenvalue weighted by Crippen LogP contribution is -2.46. The van der Waals surface area contributed by atoms with Gasteiger partial charge in [0.2, 0.25) is 16.0 Å². The summed E-state index contributed by atoms with van der Waals surface area (Å²) in [4.78, 5) is 10.9. The van der Waals surface area contributed by atoms with Gasteiger partial charge < -0.3 is 4.90 Å². The lowest BCUT2D eigenvalue weighted by Gasteiger charge is -2.40. The SMILES string of the molecule is CCCS(=O)(=O)N1CCC2(CCCN(c3ncccn3)C2)C1. The van der Waals surface area contributed by atoms with Crippen molar-refractivity contribution in [1.29, 1.82) is 0 Å². The van der Waals surface area contributed by atoms with Gasteiger partial charge in [0.25, 0.3) is 0 Å². The van der Waals surface area contributed by atoms with Crippen LogP contribution in [0.4, 0.5) is 5.95 Å². The van der Waals surface area contributed by atoms with Gasteiger partial charge >= 0.3 is 0 Å². The Morgan fingerprint density at radius 2 is 1.95 bits per heavy atom. The Morgan fingerprint density at radius 1 is 1.18 bits per heavy atom. The molecule has 0 aromatic carbocycles. The van der Waals surface area contributed by atoms with E-state index in [1.54, 1.807) is 16.7 Å². The normalized spacial score (nSPS) is 26.7. The second-order valence-corrected chi connectivity index (χ2v) is 8.56. The first-order chi connectivity index (χ1) is 10.5. The number of aromatic nitrogens is 2. The number of piperidine rings is 1. The molecule has 3 heterocycles. The summed E-state index contributed by atoms with van der Waals surface area (Å²) in [6, 6.07) is 1.82. The van der Waals surface area contributed by atoms with Crippen LogP contribution in [0, 0.1) is 5.41 Å². The highest BCUT2D eigenvalue weighted by molar-refractivity contribution is 7.89. The highest BCUT2D eigenvalue weighted by Gasteiger charge is 2.44. The highest BCUT2D eigenvalue weighted by atomic mass is 32.2. The standard InChI is InChI=1S/C15H24N4O2S/c1-2-11-22(20,21)19-10-6-15(13-19)5-3-9-18(12-15)14-16-7-4-8-17-14/h4,7-8H,2-3,5-6,9-13H2,1H3. The van der Waals surface area contributed by atoms with Crippen molar-refractivity contribution in [2.75, 3.05) is 36.8 Å². The topological polar surface area (TPSA) is 66.4 Å². The Balaban J connectivity index is 1.72. The van der Waals surface area contributed by atoms with E-state index in [1.165, 1.54) is 0 Å². The molecule has 1 aromatic rings. The van der Waals surface area contributed by atoms with Crippen LogP contribution in [0.2, 0.25) is 0 Å². The van der Waals surface area contributed by atoms with Crippen molar-refractivity contribution >= 4 is 16.0 Å². The Bertz CT molecular complexity index is 607. The largest absolute Gasteiger partial charge is 0.340 e. The summed E-state index contributed by atoms with van der Waals surface area (Å²) >= 11 is 0. The van der Waals surface area contributed by atoms with E-state index in [2.05, 4.69) is 14.9 Å². The Kier molecular flexibility index (Phi) is 4.36. The summed E-state index contributed by atoms with van der Waals surface area (Å²) in [6.45, 7) is 5.03. The molecule has 1 unspecified atom stereocenters. The van der Waals surface area contributed by atoms with Gasteiger partial charge in [0, 0.05) is 44.0 Å². The summed E-state index contributed by atoms with van der Waals surface area (Å²) in [5.41, 5.74) is 0.0677. The van der Waals surface area contributed by atoms with E-state index in [0.717, 1.165) is 38.3 Å². The molecule has 6 nitrogen and oxygen atoms in total. The molecule has 0 amide bonds. The minimum absolute atomic E-state index is 0.0677. The number of anilines is 1. The molecular weight excluding hydrogens is 300 g/mol. The van der Waals surface area contributed by atoms with Crippen LogP contribution < -0.4 is 4.90 Å². The van der Waals surface area contributed by atoms with Gasteiger partial charge in [-0.15, -0.1) is 0 Å².